The van der Waals surface area contributed by atoms with Crippen LogP contribution in [-0.4, -0.2) is 44.8 Å². The number of aromatic nitrogens is 3. The van der Waals surface area contributed by atoms with Crippen LogP contribution in [0.2, 0.25) is 0 Å². The molecule has 2 aromatic heterocycles. The van der Waals surface area contributed by atoms with E-state index in [0.29, 0.717) is 37.1 Å². The molecule has 0 aliphatic carbocycles. The van der Waals surface area contributed by atoms with Crippen LogP contribution >= 0.6 is 0 Å². The minimum Gasteiger partial charge on any atom is -1.00 e. The van der Waals surface area contributed by atoms with Gasteiger partial charge in [-0.15, -0.1) is 0 Å². The van der Waals surface area contributed by atoms with E-state index in [9.17, 15) is 4.21 Å². The molecule has 1 aromatic carbocycles. The largest absolute Gasteiger partial charge is 1.00 e. The minimum absolute atomic E-state index is 0. The zero-order chi connectivity index (χ0) is 20.3. The number of rotatable bonds is 7. The summed E-state index contributed by atoms with van der Waals surface area (Å²) in [7, 11) is -1.34. The SMILES string of the molecule is CCC1(COc2ccnc(CS(=O)c3nc4ccccc4[nH]3)c2C)OCCCO1.[H-].[Na+]. The molecule has 156 valence electrons. The van der Waals surface area contributed by atoms with Crippen molar-refractivity contribution < 1.29 is 49.4 Å². The van der Waals surface area contributed by atoms with E-state index in [4.69, 9.17) is 14.2 Å². The Morgan fingerprint density at radius 3 is 2.77 bits per heavy atom. The Kier molecular flexibility index (Phi) is 8.06. The van der Waals surface area contributed by atoms with Gasteiger partial charge in [0, 0.05) is 18.2 Å². The van der Waals surface area contributed by atoms with Gasteiger partial charge >= 0.3 is 29.6 Å². The van der Waals surface area contributed by atoms with Gasteiger partial charge in [-0.2, -0.15) is 0 Å². The Morgan fingerprint density at radius 2 is 2.03 bits per heavy atom. The molecule has 3 heterocycles. The zero-order valence-electron chi connectivity index (χ0n) is 18.6. The topological polar surface area (TPSA) is 86.3 Å². The third kappa shape index (κ3) is 5.12. The van der Waals surface area contributed by atoms with Gasteiger partial charge in [0.15, 0.2) is 5.16 Å². The molecule has 30 heavy (non-hydrogen) atoms. The van der Waals surface area contributed by atoms with E-state index in [2.05, 4.69) is 15.0 Å². The summed E-state index contributed by atoms with van der Waals surface area (Å²) < 4.78 is 30.5. The molecule has 0 amide bonds. The molecular weight excluding hydrogens is 413 g/mol. The fourth-order valence-corrected chi connectivity index (χ4v) is 4.38. The van der Waals surface area contributed by atoms with Crippen molar-refractivity contribution in [3.05, 3.63) is 47.8 Å². The molecule has 1 N–H and O–H groups in total. The molecule has 0 bridgehead atoms. The molecule has 1 aliphatic rings. The Balaban J connectivity index is 0.00000171. The summed E-state index contributed by atoms with van der Waals surface area (Å²) in [5, 5.41) is 0.452. The number of imidazole rings is 1. The van der Waals surface area contributed by atoms with Crippen molar-refractivity contribution in [2.75, 3.05) is 19.8 Å². The number of hydrogen-bond donors (Lipinski definition) is 1. The van der Waals surface area contributed by atoms with Gasteiger partial charge in [-0.25, -0.2) is 4.98 Å². The number of nitrogens with zero attached hydrogens (tertiary/aromatic N) is 2. The molecular formula is C21H26N3NaO4S. The molecule has 1 fully saturated rings. The first-order chi connectivity index (χ1) is 14.1. The number of pyridine rings is 1. The molecule has 1 saturated heterocycles. The molecule has 4 rings (SSSR count). The van der Waals surface area contributed by atoms with Crippen LogP contribution in [0.4, 0.5) is 0 Å². The zero-order valence-corrected chi connectivity index (χ0v) is 20.5. The number of fused-ring (bicyclic) bond motifs is 1. The van der Waals surface area contributed by atoms with Gasteiger partial charge in [0.2, 0.25) is 5.79 Å². The van der Waals surface area contributed by atoms with E-state index in [1.807, 2.05) is 44.2 Å². The summed E-state index contributed by atoms with van der Waals surface area (Å²) >= 11 is 0. The van der Waals surface area contributed by atoms with E-state index in [0.717, 1.165) is 28.7 Å². The van der Waals surface area contributed by atoms with Gasteiger partial charge in [-0.1, -0.05) is 19.1 Å². The predicted octanol–water partition coefficient (Wildman–Crippen LogP) is 0.613. The Bertz CT molecular complexity index is 994. The summed E-state index contributed by atoms with van der Waals surface area (Å²) in [4.78, 5) is 12.0. The average Bonchev–Trinajstić information content (AvgIpc) is 3.19. The predicted molar refractivity (Wildman–Crippen MR) is 111 cm³/mol. The summed E-state index contributed by atoms with van der Waals surface area (Å²) in [6.45, 7) is 5.60. The molecule has 9 heteroatoms. The number of ether oxygens (including phenoxy) is 3. The molecule has 1 atom stereocenters. The van der Waals surface area contributed by atoms with Gasteiger partial charge in [0.05, 0.1) is 46.5 Å². The molecule has 3 aromatic rings. The molecule has 0 saturated carbocycles. The van der Waals surface area contributed by atoms with Crippen LogP contribution < -0.4 is 34.3 Å². The van der Waals surface area contributed by atoms with Crippen molar-refractivity contribution in [1.82, 2.24) is 15.0 Å². The fourth-order valence-electron chi connectivity index (χ4n) is 3.28. The van der Waals surface area contributed by atoms with Crippen molar-refractivity contribution in [2.24, 2.45) is 0 Å². The van der Waals surface area contributed by atoms with Crippen LogP contribution in [0.3, 0.4) is 0 Å². The standard InChI is InChI=1S/C21H25N3O4S.Na.H/c1-3-21(27-11-6-12-28-21)14-26-19-9-10-22-18(15(19)2)13-29(25)20-23-16-7-4-5-8-17(16)24-20;;/h4-5,7-10H,3,6,11-14H2,1-2H3,(H,23,24);;/q;+1;-1. The number of nitrogens with one attached hydrogen (secondary N) is 1. The van der Waals surface area contributed by atoms with E-state index >= 15 is 0 Å². The van der Waals surface area contributed by atoms with Crippen LogP contribution in [0, 0.1) is 6.92 Å². The van der Waals surface area contributed by atoms with E-state index < -0.39 is 16.6 Å². The van der Waals surface area contributed by atoms with Crippen LogP contribution in [0.5, 0.6) is 5.75 Å². The van der Waals surface area contributed by atoms with Gasteiger partial charge in [0.25, 0.3) is 0 Å². The maximum Gasteiger partial charge on any atom is 1.00 e. The third-order valence-corrected chi connectivity index (χ3v) is 6.28. The van der Waals surface area contributed by atoms with E-state index in [-0.39, 0.29) is 36.7 Å². The Morgan fingerprint density at radius 1 is 1.27 bits per heavy atom. The molecule has 0 spiro atoms. The monoisotopic (exact) mass is 439 g/mol. The van der Waals surface area contributed by atoms with Gasteiger partial charge in [-0.3, -0.25) is 9.19 Å². The molecule has 1 unspecified atom stereocenters. The second-order valence-electron chi connectivity index (χ2n) is 7.03. The van der Waals surface area contributed by atoms with Crippen LogP contribution in [0.1, 0.15) is 32.4 Å². The normalized spacial score (nSPS) is 16.7. The maximum absolute atomic E-state index is 12.8. The first-order valence-electron chi connectivity index (χ1n) is 9.78. The first-order valence-corrected chi connectivity index (χ1v) is 11.1. The van der Waals surface area contributed by atoms with Crippen molar-refractivity contribution in [1.29, 1.82) is 0 Å². The van der Waals surface area contributed by atoms with E-state index in [1.165, 1.54) is 0 Å². The number of aromatic amines is 1. The second kappa shape index (κ2) is 10.3. The number of H-pyrrole nitrogens is 1. The average molecular weight is 440 g/mol. The number of para-hydroxylation sites is 2. The summed E-state index contributed by atoms with van der Waals surface area (Å²) in [6, 6.07) is 9.45. The van der Waals surface area contributed by atoms with Crippen LogP contribution in [0.25, 0.3) is 11.0 Å². The van der Waals surface area contributed by atoms with Crippen LogP contribution in [-0.2, 0) is 26.0 Å². The van der Waals surface area contributed by atoms with Crippen LogP contribution in [0.15, 0.2) is 41.7 Å². The summed E-state index contributed by atoms with van der Waals surface area (Å²) in [5.41, 5.74) is 3.25. The van der Waals surface area contributed by atoms with Crippen molar-refractivity contribution in [3.8, 4) is 5.75 Å². The minimum atomic E-state index is -1.34. The van der Waals surface area contributed by atoms with E-state index in [1.54, 1.807) is 6.20 Å². The molecule has 0 radical (unpaired) electrons. The fraction of sp³-hybridized carbons (Fsp3) is 0.429. The van der Waals surface area contributed by atoms with Crippen molar-refractivity contribution in [3.63, 3.8) is 0 Å². The van der Waals surface area contributed by atoms with Crippen molar-refractivity contribution in [2.45, 2.75) is 43.4 Å². The quantitative estimate of drug-likeness (QED) is 0.543. The van der Waals surface area contributed by atoms with Crippen molar-refractivity contribution >= 4 is 21.8 Å². The molecule has 1 aliphatic heterocycles. The maximum atomic E-state index is 12.8. The van der Waals surface area contributed by atoms with Gasteiger partial charge in [-0.05, 0) is 31.5 Å². The summed E-state index contributed by atoms with van der Waals surface area (Å²) in [6.07, 6.45) is 3.28. The Hall–Kier alpha value is -1.29. The smallest absolute Gasteiger partial charge is 1.00 e. The summed E-state index contributed by atoms with van der Waals surface area (Å²) in [5.74, 6) is 0.252. The molecule has 7 nitrogen and oxygen atoms in total. The number of benzene rings is 1. The Labute approximate surface area is 202 Å². The second-order valence-corrected chi connectivity index (χ2v) is 8.40. The van der Waals surface area contributed by atoms with Gasteiger partial charge in [0.1, 0.15) is 12.4 Å². The third-order valence-electron chi connectivity index (χ3n) is 5.12. The first kappa shape index (κ1) is 23.4. The van der Waals surface area contributed by atoms with Gasteiger partial charge < -0.3 is 20.6 Å². The number of hydrogen-bond acceptors (Lipinski definition) is 6.